The number of hydrogen-bond acceptors (Lipinski definition) is 6. The van der Waals surface area contributed by atoms with Gasteiger partial charge in [-0.2, -0.15) is 0 Å². The Morgan fingerprint density at radius 2 is 1.78 bits per heavy atom. The van der Waals surface area contributed by atoms with Crippen LogP contribution >= 0.6 is 0 Å². The van der Waals surface area contributed by atoms with Crippen molar-refractivity contribution in [3.05, 3.63) is 67.0 Å². The van der Waals surface area contributed by atoms with E-state index in [9.17, 15) is 14.7 Å². The van der Waals surface area contributed by atoms with Gasteiger partial charge < -0.3 is 21.1 Å². The second-order valence-corrected chi connectivity index (χ2v) is 9.72. The van der Waals surface area contributed by atoms with Crippen LogP contribution in [0, 0.1) is 5.92 Å². The molecule has 0 bridgehead atoms. The molecule has 0 saturated carbocycles. The normalized spacial score (nSPS) is 11.4. The van der Waals surface area contributed by atoms with E-state index in [0.717, 1.165) is 11.1 Å². The number of aliphatic hydroxyl groups is 1. The monoisotopic (exact) mass is 502 g/mol. The molecular formula is C28H34N6O3. The van der Waals surface area contributed by atoms with Gasteiger partial charge in [-0.3, -0.25) is 15.1 Å². The van der Waals surface area contributed by atoms with Gasteiger partial charge in [0, 0.05) is 42.3 Å². The lowest BCUT2D eigenvalue weighted by molar-refractivity contribution is -0.116. The molecule has 3 rings (SSSR count). The van der Waals surface area contributed by atoms with E-state index >= 15 is 0 Å². The van der Waals surface area contributed by atoms with Gasteiger partial charge in [0.15, 0.2) is 0 Å². The number of benzene rings is 2. The summed E-state index contributed by atoms with van der Waals surface area (Å²) >= 11 is 0. The molecule has 0 fully saturated rings. The van der Waals surface area contributed by atoms with Crippen molar-refractivity contribution in [2.24, 2.45) is 10.9 Å². The second kappa shape index (κ2) is 12.6. The highest BCUT2D eigenvalue weighted by atomic mass is 16.3. The molecule has 3 aromatic rings. The minimum atomic E-state index is -0.937. The minimum Gasteiger partial charge on any atom is -0.389 e. The van der Waals surface area contributed by atoms with Crippen molar-refractivity contribution < 1.29 is 14.7 Å². The third-order valence-corrected chi connectivity index (χ3v) is 5.10. The van der Waals surface area contributed by atoms with E-state index in [1.165, 1.54) is 6.34 Å². The van der Waals surface area contributed by atoms with Crippen LogP contribution < -0.4 is 21.3 Å². The summed E-state index contributed by atoms with van der Waals surface area (Å²) in [6.07, 6.45) is 5.15. The van der Waals surface area contributed by atoms with Crippen LogP contribution in [-0.2, 0) is 4.79 Å². The van der Waals surface area contributed by atoms with E-state index < -0.39 is 11.6 Å². The first-order valence-electron chi connectivity index (χ1n) is 12.1. The quantitative estimate of drug-likeness (QED) is 0.187. The fourth-order valence-electron chi connectivity index (χ4n) is 3.40. The van der Waals surface area contributed by atoms with Crippen LogP contribution in [0.15, 0.2) is 72.0 Å². The molecule has 5 N–H and O–H groups in total. The highest BCUT2D eigenvalue weighted by molar-refractivity contribution is 5.97. The molecule has 0 aliphatic rings. The number of pyridine rings is 1. The van der Waals surface area contributed by atoms with E-state index in [-0.39, 0.29) is 18.4 Å². The van der Waals surface area contributed by atoms with Gasteiger partial charge in [-0.25, -0.2) is 9.79 Å². The smallest absolute Gasteiger partial charge is 0.324 e. The molecule has 0 saturated heterocycles. The van der Waals surface area contributed by atoms with E-state index in [4.69, 9.17) is 0 Å². The number of nitrogens with one attached hydrogen (secondary N) is 4. The molecule has 0 aliphatic carbocycles. The molecule has 194 valence electrons. The number of carbonyl (C=O) groups is 2. The molecule has 0 radical (unpaired) electrons. The highest BCUT2D eigenvalue weighted by Gasteiger charge is 2.14. The van der Waals surface area contributed by atoms with Gasteiger partial charge in [-0.05, 0) is 61.7 Å². The fraction of sp³-hybridized carbons (Fsp3) is 0.286. The largest absolute Gasteiger partial charge is 0.389 e. The molecule has 9 heteroatoms. The Morgan fingerprint density at radius 1 is 1.03 bits per heavy atom. The molecule has 2 aromatic carbocycles. The van der Waals surface area contributed by atoms with Gasteiger partial charge in [-0.1, -0.05) is 32.0 Å². The molecule has 3 amide bonds. The van der Waals surface area contributed by atoms with Crippen molar-refractivity contribution in [2.45, 2.75) is 39.7 Å². The predicted octanol–water partition coefficient (Wildman–Crippen LogP) is 5.40. The summed E-state index contributed by atoms with van der Waals surface area (Å²) in [6, 6.07) is 16.0. The van der Waals surface area contributed by atoms with Crippen molar-refractivity contribution in [1.82, 2.24) is 10.3 Å². The first-order chi connectivity index (χ1) is 17.6. The zero-order valence-electron chi connectivity index (χ0n) is 21.6. The summed E-state index contributed by atoms with van der Waals surface area (Å²) in [5.74, 6) is 0.145. The van der Waals surface area contributed by atoms with Crippen LogP contribution in [0.5, 0.6) is 0 Å². The van der Waals surface area contributed by atoms with Crippen LogP contribution in [0.2, 0.25) is 0 Å². The van der Waals surface area contributed by atoms with Crippen LogP contribution in [0.1, 0.15) is 34.1 Å². The maximum absolute atomic E-state index is 12.5. The van der Waals surface area contributed by atoms with Crippen molar-refractivity contribution in [2.75, 3.05) is 22.5 Å². The molecule has 1 heterocycles. The summed E-state index contributed by atoms with van der Waals surface area (Å²) in [5, 5.41) is 21.5. The van der Waals surface area contributed by atoms with Crippen LogP contribution in [0.3, 0.4) is 0 Å². The Balaban J connectivity index is 1.69. The Morgan fingerprint density at radius 3 is 2.49 bits per heavy atom. The van der Waals surface area contributed by atoms with E-state index in [1.54, 1.807) is 50.5 Å². The number of amides is 3. The number of hydrogen-bond donors (Lipinski definition) is 5. The zero-order chi connectivity index (χ0) is 26.8. The van der Waals surface area contributed by atoms with Gasteiger partial charge in [0.25, 0.3) is 0 Å². The van der Waals surface area contributed by atoms with Gasteiger partial charge in [-0.15, -0.1) is 0 Å². The Hall–Kier alpha value is -4.24. The number of carbonyl (C=O) groups excluding carboxylic acids is 2. The van der Waals surface area contributed by atoms with Crippen LogP contribution in [-0.4, -0.2) is 40.5 Å². The van der Waals surface area contributed by atoms with Gasteiger partial charge in [0.1, 0.15) is 0 Å². The van der Waals surface area contributed by atoms with Gasteiger partial charge in [0.2, 0.25) is 5.91 Å². The van der Waals surface area contributed by atoms with Crippen molar-refractivity contribution in [3.63, 3.8) is 0 Å². The summed E-state index contributed by atoms with van der Waals surface area (Å²) in [5.41, 5.74) is 3.28. The lowest BCUT2D eigenvalue weighted by Gasteiger charge is -2.20. The van der Waals surface area contributed by atoms with Crippen molar-refractivity contribution in [1.29, 1.82) is 0 Å². The second-order valence-electron chi connectivity index (χ2n) is 9.72. The van der Waals surface area contributed by atoms with E-state index in [2.05, 4.69) is 31.2 Å². The lowest BCUT2D eigenvalue weighted by atomic mass is 10.1. The summed E-state index contributed by atoms with van der Waals surface area (Å²) in [6.45, 7) is 7.63. The molecule has 37 heavy (non-hydrogen) atoms. The number of aliphatic imine (C=N–C) groups is 1. The number of nitrogens with zero attached hydrogens (tertiary/aromatic N) is 2. The first-order valence-corrected chi connectivity index (χ1v) is 12.1. The first kappa shape index (κ1) is 27.3. The Kier molecular flexibility index (Phi) is 9.34. The number of urea groups is 1. The van der Waals surface area contributed by atoms with Crippen molar-refractivity contribution >= 4 is 41.0 Å². The van der Waals surface area contributed by atoms with E-state index in [0.29, 0.717) is 29.2 Å². The summed E-state index contributed by atoms with van der Waals surface area (Å²) in [7, 11) is 0. The van der Waals surface area contributed by atoms with Crippen LogP contribution in [0.4, 0.5) is 27.5 Å². The van der Waals surface area contributed by atoms with Crippen molar-refractivity contribution in [3.8, 4) is 11.1 Å². The number of rotatable bonds is 10. The van der Waals surface area contributed by atoms with Gasteiger partial charge >= 0.3 is 6.03 Å². The summed E-state index contributed by atoms with van der Waals surface area (Å²) < 4.78 is 0. The molecular weight excluding hydrogens is 468 g/mol. The molecule has 0 spiro atoms. The third-order valence-electron chi connectivity index (χ3n) is 5.10. The zero-order valence-corrected chi connectivity index (χ0v) is 21.6. The maximum atomic E-state index is 12.5. The third kappa shape index (κ3) is 9.38. The lowest BCUT2D eigenvalue weighted by Crippen LogP contribution is -2.29. The standard InChI is InChI=1S/C28H34N6O3/c1-19(2)13-26(35)33-23-10-11-24(30-17-28(3,4)37)25(15-23)31-18-32-27(36)34-22-9-5-7-20(14-22)21-8-6-12-29-16-21/h5-12,14-16,18-19,30,37H,13,17H2,1-4H3,(H,33,35)(H2,31,32,34,36). The maximum Gasteiger partial charge on any atom is 0.324 e. The molecule has 1 aromatic heterocycles. The number of anilines is 3. The Bertz CT molecular complexity index is 1240. The average molecular weight is 503 g/mol. The number of aromatic nitrogens is 1. The fourth-order valence-corrected chi connectivity index (χ4v) is 3.40. The topological polar surface area (TPSA) is 128 Å². The summed E-state index contributed by atoms with van der Waals surface area (Å²) in [4.78, 5) is 33.2. The van der Waals surface area contributed by atoms with E-state index in [1.807, 2.05) is 44.2 Å². The SMILES string of the molecule is CC(C)CC(=O)Nc1ccc(NCC(C)(C)O)c(N=CNC(=O)Nc2cccc(-c3cccnc3)c2)c1. The van der Waals surface area contributed by atoms with Crippen LogP contribution in [0.25, 0.3) is 11.1 Å². The molecule has 0 atom stereocenters. The molecule has 9 nitrogen and oxygen atoms in total. The predicted molar refractivity (Wildman–Crippen MR) is 149 cm³/mol. The molecule has 0 aliphatic heterocycles. The van der Waals surface area contributed by atoms with Gasteiger partial charge in [0.05, 0.1) is 23.3 Å². The minimum absolute atomic E-state index is 0.0897. The molecule has 0 unspecified atom stereocenters. The average Bonchev–Trinajstić information content (AvgIpc) is 2.83. The Labute approximate surface area is 217 Å². The highest BCUT2D eigenvalue weighted by Crippen LogP contribution is 2.29.